The molecule has 17 rings (SSSR count). The van der Waals surface area contributed by atoms with Gasteiger partial charge in [0.1, 0.15) is 39.6 Å². The fraction of sp³-hybridized carbons (Fsp3) is 0.785. The van der Waals surface area contributed by atoms with Crippen LogP contribution in [0.2, 0.25) is 0 Å². The molecule has 14 fully saturated rings. The Bertz CT molecular complexity index is 4570. The highest BCUT2D eigenvalue weighted by molar-refractivity contribution is 5.75. The molecule has 0 amide bonds. The standard InChI is InChI=1S/C30H39N3O12.C27H37N3O11.C22H29N3O9/c34-25(16-1-4-19-22(13-16)43-19)40-10-7-31-28(37)32(8-11-41-26(35)17-2-5-20-23(14-17)44-20)30(39)33(29(31)38)9-12-42-27(36)18-3-6-21-24(15-18)45-21;31-22(32)13-30-26(36)28(9-1-3-23(33)38-14-16-5-7-18-20(11-16)40-18)25(35)29(27(30)37)10-2-4-24(34)39-15-17-6-8-19-21(12-17)41-19;1-23-20(28)24(6-8-31-18(26)12-2-4-14-16(10-12)33-14)22(30)25(21(23)29)7-9-32-19(27)13-3-5-15-17(11-13)34-15/h16-24H,1-15H2;16-21H,1-15H2,(H,31,32);12-17H,2-11H2,1H3. The molecule has 7 aliphatic heterocycles. The third kappa shape index (κ3) is 21.2. The van der Waals surface area contributed by atoms with Crippen LogP contribution in [0.4, 0.5) is 0 Å². The molecule has 0 bridgehead atoms. The summed E-state index contributed by atoms with van der Waals surface area (Å²) in [6.45, 7) is -3.06. The van der Waals surface area contributed by atoms with Gasteiger partial charge in [0.05, 0.1) is 161 Å². The molecule has 14 aliphatic rings. The maximum Gasteiger partial charge on any atom is 0.336 e. The lowest BCUT2D eigenvalue weighted by Crippen LogP contribution is -2.55. The van der Waals surface area contributed by atoms with Gasteiger partial charge in [-0.15, -0.1) is 0 Å². The minimum absolute atomic E-state index is 0.0560. The maximum absolute atomic E-state index is 13.3. The van der Waals surface area contributed by atoms with Gasteiger partial charge in [-0.3, -0.25) is 38.4 Å². The second-order valence-electron chi connectivity index (χ2n) is 34.0. The summed E-state index contributed by atoms with van der Waals surface area (Å²) in [7, 11) is 1.26. The van der Waals surface area contributed by atoms with Gasteiger partial charge in [0.25, 0.3) is 0 Å². The molecule has 0 spiro atoms. The topological polar surface area (TPSA) is 507 Å². The van der Waals surface area contributed by atoms with E-state index in [1.165, 1.54) is 7.05 Å². The van der Waals surface area contributed by atoms with Crippen molar-refractivity contribution in [2.45, 2.75) is 298 Å². The van der Waals surface area contributed by atoms with Crippen LogP contribution in [-0.2, 0) is 164 Å². The van der Waals surface area contributed by atoms with Crippen LogP contribution in [0.5, 0.6) is 0 Å². The number of carboxylic acids is 1. The van der Waals surface area contributed by atoms with E-state index in [0.717, 1.165) is 107 Å². The van der Waals surface area contributed by atoms with Crippen molar-refractivity contribution in [1.29, 1.82) is 0 Å². The molecular formula is C79H105N9O32. The van der Waals surface area contributed by atoms with E-state index in [0.29, 0.717) is 94.2 Å². The van der Waals surface area contributed by atoms with Gasteiger partial charge in [-0.2, -0.15) is 0 Å². The number of epoxide rings is 7. The smallest absolute Gasteiger partial charge is 0.336 e. The van der Waals surface area contributed by atoms with Gasteiger partial charge in [-0.25, -0.2) is 84.3 Å². The Morgan fingerprint density at radius 3 is 0.750 bits per heavy atom. The number of hydrogen-bond donors (Lipinski definition) is 1. The molecule has 7 aliphatic carbocycles. The summed E-state index contributed by atoms with van der Waals surface area (Å²) in [5, 5.41) is 9.20. The van der Waals surface area contributed by atoms with E-state index in [-0.39, 0.29) is 231 Å². The Labute approximate surface area is 683 Å². The van der Waals surface area contributed by atoms with Crippen LogP contribution >= 0.6 is 0 Å². The lowest BCUT2D eigenvalue weighted by atomic mass is 9.89. The predicted octanol–water partition coefficient (Wildman–Crippen LogP) is -1.53. The van der Waals surface area contributed by atoms with Gasteiger partial charge >= 0.3 is 99.0 Å². The first-order valence-corrected chi connectivity index (χ1v) is 42.5. The van der Waals surface area contributed by atoms with Crippen LogP contribution in [0.15, 0.2) is 43.2 Å². The summed E-state index contributed by atoms with van der Waals surface area (Å²) in [6, 6.07) is 0. The molecule has 1 N–H and O–H groups in total. The lowest BCUT2D eigenvalue weighted by Gasteiger charge is -2.19. The zero-order valence-corrected chi connectivity index (χ0v) is 67.0. The third-order valence-electron chi connectivity index (χ3n) is 25.8. The quantitative estimate of drug-likeness (QED) is 0.0403. The lowest BCUT2D eigenvalue weighted by molar-refractivity contribution is -0.150. The summed E-state index contributed by atoms with van der Waals surface area (Å²) in [4.78, 5) is 215. The molecule has 120 heavy (non-hydrogen) atoms. The van der Waals surface area contributed by atoms with Gasteiger partial charge in [0, 0.05) is 33.0 Å². The van der Waals surface area contributed by atoms with E-state index >= 15 is 0 Å². The molecule has 7 saturated carbocycles. The number of nitrogens with zero attached hydrogens (tertiary/aromatic N) is 9. The van der Waals surface area contributed by atoms with Gasteiger partial charge < -0.3 is 71.4 Å². The van der Waals surface area contributed by atoms with Crippen molar-refractivity contribution in [3.63, 3.8) is 0 Å². The van der Waals surface area contributed by atoms with E-state index in [1.54, 1.807) is 0 Å². The molecular weight excluding hydrogens is 1590 g/mol. The highest BCUT2D eigenvalue weighted by atomic mass is 16.6. The molecule has 41 heteroatoms. The molecule has 7 saturated heterocycles. The van der Waals surface area contributed by atoms with E-state index < -0.39 is 93.6 Å². The van der Waals surface area contributed by atoms with Crippen molar-refractivity contribution in [1.82, 2.24) is 41.1 Å². The summed E-state index contributed by atoms with van der Waals surface area (Å²) in [5.74, 6) is -5.23. The second-order valence-corrected chi connectivity index (χ2v) is 34.0. The van der Waals surface area contributed by atoms with Crippen molar-refractivity contribution in [2.75, 3.05) is 46.2 Å². The predicted molar refractivity (Wildman–Crippen MR) is 403 cm³/mol. The van der Waals surface area contributed by atoms with Crippen molar-refractivity contribution < 1.29 is 110 Å². The van der Waals surface area contributed by atoms with Crippen LogP contribution in [0, 0.1) is 41.4 Å². The Morgan fingerprint density at radius 2 is 0.508 bits per heavy atom. The third-order valence-corrected chi connectivity index (χ3v) is 25.8. The molecule has 3 aromatic heterocycles. The summed E-state index contributed by atoms with van der Waals surface area (Å²) in [6.07, 6.45) is 19.0. The minimum Gasteiger partial charge on any atom is -0.480 e. The number of rotatable bonds is 34. The summed E-state index contributed by atoms with van der Waals surface area (Å²) >= 11 is 0. The van der Waals surface area contributed by atoms with Crippen molar-refractivity contribution in [3.05, 3.63) is 94.4 Å². The first kappa shape index (κ1) is 85.7. The number of esters is 7. The molecule has 10 heterocycles. The normalized spacial score (nSPS) is 31.1. The molecule has 0 aromatic carbocycles. The van der Waals surface area contributed by atoms with Crippen molar-refractivity contribution in [3.8, 4) is 0 Å². The first-order chi connectivity index (χ1) is 57.8. The van der Waals surface area contributed by atoms with Crippen LogP contribution in [-0.4, -0.2) is 226 Å². The zero-order valence-electron chi connectivity index (χ0n) is 67.0. The van der Waals surface area contributed by atoms with Crippen molar-refractivity contribution in [2.24, 2.45) is 48.5 Å². The summed E-state index contributed by atoms with van der Waals surface area (Å²) < 4.78 is 82.7. The Morgan fingerprint density at radius 1 is 0.283 bits per heavy atom. The van der Waals surface area contributed by atoms with Gasteiger partial charge in [-0.05, 0) is 160 Å². The van der Waals surface area contributed by atoms with Crippen LogP contribution in [0.3, 0.4) is 0 Å². The number of ether oxygens (including phenoxy) is 14. The van der Waals surface area contributed by atoms with Crippen LogP contribution in [0.1, 0.15) is 161 Å². The highest BCUT2D eigenvalue weighted by Gasteiger charge is 2.51. The number of fused-ring (bicyclic) bond motifs is 7. The average molecular weight is 1690 g/mol. The average Bonchev–Trinajstić information content (AvgIpc) is 1.44. The Kier molecular flexibility index (Phi) is 26.8. The SMILES string of the molecule is Cn1c(=O)n(CCOC(=O)C2CCC3OC3C2)c(=O)n(CCOC(=O)C2CCC3OC3C2)c1=O.O=C(O)Cn1c(=O)n(CCCC(=O)OCC2CCC3OC3C2)c(=O)n(CCCC(=O)OCC2CCC3OC3C2)c1=O.O=C(OCCn1c(=O)n(CCOC(=O)C2CCC3OC3C2)c(=O)n(CCOC(=O)C2CCC3OC3C2)c1=O)C1CCC2OC2C1. The molecule has 658 valence electrons. The Hall–Kier alpha value is -9.29. The van der Waals surface area contributed by atoms with Crippen LogP contribution in [0.25, 0.3) is 0 Å². The number of aliphatic carboxylic acids is 1. The zero-order chi connectivity index (χ0) is 84.3. The summed E-state index contributed by atoms with van der Waals surface area (Å²) in [5.41, 5.74) is -8.23. The maximum atomic E-state index is 13.3. The number of carbonyl (C=O) groups is 8. The fourth-order valence-corrected chi connectivity index (χ4v) is 18.2. The number of carbonyl (C=O) groups excluding carboxylic acids is 7. The molecule has 3 aromatic rings. The van der Waals surface area contributed by atoms with E-state index in [1.807, 2.05) is 0 Å². The van der Waals surface area contributed by atoms with E-state index in [4.69, 9.17) is 66.3 Å². The fourth-order valence-electron chi connectivity index (χ4n) is 18.2. The van der Waals surface area contributed by atoms with E-state index in [9.17, 15) is 86.6 Å². The second kappa shape index (κ2) is 37.6. The Balaban J connectivity index is 0.000000142. The van der Waals surface area contributed by atoms with Crippen molar-refractivity contribution >= 4 is 47.8 Å². The minimum atomic E-state index is -1.43. The molecule has 21 atom stereocenters. The van der Waals surface area contributed by atoms with Gasteiger partial charge in [-0.1, -0.05) is 0 Å². The molecule has 21 unspecified atom stereocenters. The molecule has 41 nitrogen and oxygen atoms in total. The molecule has 0 radical (unpaired) electrons. The first-order valence-electron chi connectivity index (χ1n) is 42.5. The van der Waals surface area contributed by atoms with Gasteiger partial charge in [0.15, 0.2) is 0 Å². The largest absolute Gasteiger partial charge is 0.480 e. The monoisotopic (exact) mass is 1690 g/mol. The number of carboxylic acid groups (broad SMARTS) is 1. The number of hydrogen-bond acceptors (Lipinski definition) is 31. The van der Waals surface area contributed by atoms with Crippen LogP contribution < -0.4 is 51.2 Å². The highest BCUT2D eigenvalue weighted by Crippen LogP contribution is 2.45. The van der Waals surface area contributed by atoms with Gasteiger partial charge in [0.2, 0.25) is 0 Å². The van der Waals surface area contributed by atoms with E-state index in [2.05, 4.69) is 0 Å². The number of aromatic nitrogens is 9.